The Bertz CT molecular complexity index is 295. The van der Waals surface area contributed by atoms with Crippen LogP contribution in [-0.2, 0) is 5.92 Å². The molecule has 0 amide bonds. The fourth-order valence-electron chi connectivity index (χ4n) is 1.17. The summed E-state index contributed by atoms with van der Waals surface area (Å²) in [5.74, 6) is -3.16. The molecule has 0 spiro atoms. The molecule has 3 heteroatoms. The van der Waals surface area contributed by atoms with Crippen molar-refractivity contribution in [1.82, 2.24) is 0 Å². The van der Waals surface area contributed by atoms with Gasteiger partial charge in [0.05, 0.1) is 0 Å². The Balaban J connectivity index is 3.14. The lowest BCUT2D eigenvalue weighted by Crippen LogP contribution is -2.28. The smallest absolute Gasteiger partial charge is 0.298 e. The number of hydrogen-bond donors (Lipinski definition) is 1. The first-order valence-electron chi connectivity index (χ1n) is 4.08. The predicted octanol–water partition coefficient (Wildman–Crippen LogP) is 2.47. The van der Waals surface area contributed by atoms with Gasteiger partial charge in [0.1, 0.15) is 6.10 Å². The molecule has 0 aliphatic heterocycles. The topological polar surface area (TPSA) is 20.2 Å². The summed E-state index contributed by atoms with van der Waals surface area (Å²) in [6, 6.07) is 6.17. The third-order valence-corrected chi connectivity index (χ3v) is 2.03. The Morgan fingerprint density at radius 3 is 2.31 bits per heavy atom. The third kappa shape index (κ3) is 1.86. The van der Waals surface area contributed by atoms with Gasteiger partial charge in [-0.05, 0) is 19.4 Å². The van der Waals surface area contributed by atoms with E-state index in [0.717, 1.165) is 6.92 Å². The molecule has 1 atom stereocenters. The van der Waals surface area contributed by atoms with E-state index in [1.807, 2.05) is 0 Å². The Morgan fingerprint density at radius 1 is 1.31 bits per heavy atom. The second-order valence-corrected chi connectivity index (χ2v) is 3.11. The molecule has 13 heavy (non-hydrogen) atoms. The van der Waals surface area contributed by atoms with Gasteiger partial charge in [-0.2, -0.15) is 8.78 Å². The van der Waals surface area contributed by atoms with Gasteiger partial charge in [-0.25, -0.2) is 0 Å². The number of rotatable bonds is 2. The molecule has 0 aliphatic carbocycles. The molecular formula is C10H12F2O. The van der Waals surface area contributed by atoms with E-state index >= 15 is 0 Å². The van der Waals surface area contributed by atoms with Gasteiger partial charge in [0.25, 0.3) is 5.92 Å². The van der Waals surface area contributed by atoms with Crippen molar-refractivity contribution in [2.24, 2.45) is 0 Å². The summed E-state index contributed by atoms with van der Waals surface area (Å²) in [5.41, 5.74) is 0.387. The van der Waals surface area contributed by atoms with E-state index in [0.29, 0.717) is 5.56 Å². The minimum atomic E-state index is -3.16. The zero-order valence-corrected chi connectivity index (χ0v) is 7.59. The van der Waals surface area contributed by atoms with Crippen LogP contribution in [0.15, 0.2) is 24.3 Å². The molecule has 0 fully saturated rings. The molecule has 1 N–H and O–H groups in total. The summed E-state index contributed by atoms with van der Waals surface area (Å²) in [5, 5.41) is 8.91. The molecule has 0 saturated carbocycles. The summed E-state index contributed by atoms with van der Waals surface area (Å²) in [4.78, 5) is 0. The highest BCUT2D eigenvalue weighted by Crippen LogP contribution is 2.33. The maximum atomic E-state index is 13.3. The summed E-state index contributed by atoms with van der Waals surface area (Å²) in [6.07, 6.45) is -1.66. The van der Waals surface area contributed by atoms with Crippen LogP contribution in [0.25, 0.3) is 0 Å². The lowest BCUT2D eigenvalue weighted by atomic mass is 9.99. The van der Waals surface area contributed by atoms with E-state index < -0.39 is 12.0 Å². The number of hydrogen-bond acceptors (Lipinski definition) is 1. The van der Waals surface area contributed by atoms with Crippen molar-refractivity contribution >= 4 is 0 Å². The van der Waals surface area contributed by atoms with Crippen molar-refractivity contribution in [3.63, 3.8) is 0 Å². The monoisotopic (exact) mass is 186 g/mol. The molecular weight excluding hydrogens is 174 g/mol. The molecule has 1 rings (SSSR count). The van der Waals surface area contributed by atoms with Gasteiger partial charge in [0.15, 0.2) is 0 Å². The first-order valence-corrected chi connectivity index (χ1v) is 4.08. The summed E-state index contributed by atoms with van der Waals surface area (Å²) in [7, 11) is 0. The van der Waals surface area contributed by atoms with Crippen LogP contribution in [0.2, 0.25) is 0 Å². The van der Waals surface area contributed by atoms with Crippen LogP contribution in [0, 0.1) is 6.92 Å². The zero-order valence-electron chi connectivity index (χ0n) is 7.59. The van der Waals surface area contributed by atoms with E-state index in [1.165, 1.54) is 6.07 Å². The minimum absolute atomic E-state index is 0.106. The van der Waals surface area contributed by atoms with Crippen molar-refractivity contribution in [3.05, 3.63) is 35.4 Å². The van der Waals surface area contributed by atoms with Crippen molar-refractivity contribution in [1.29, 1.82) is 0 Å². The number of benzene rings is 1. The van der Waals surface area contributed by atoms with Crippen LogP contribution in [0.4, 0.5) is 8.78 Å². The minimum Gasteiger partial charge on any atom is -0.387 e. The maximum Gasteiger partial charge on any atom is 0.298 e. The molecule has 1 unspecified atom stereocenters. The molecule has 0 saturated heterocycles. The highest BCUT2D eigenvalue weighted by atomic mass is 19.3. The van der Waals surface area contributed by atoms with Gasteiger partial charge in [-0.1, -0.05) is 24.3 Å². The molecule has 1 aromatic carbocycles. The second kappa shape index (κ2) is 3.42. The van der Waals surface area contributed by atoms with E-state index in [4.69, 9.17) is 5.11 Å². The van der Waals surface area contributed by atoms with Crippen LogP contribution in [0.3, 0.4) is 0 Å². The average Bonchev–Trinajstić information content (AvgIpc) is 2.04. The molecule has 1 nitrogen and oxygen atoms in total. The van der Waals surface area contributed by atoms with E-state index in [1.54, 1.807) is 25.1 Å². The molecule has 0 aliphatic rings. The second-order valence-electron chi connectivity index (χ2n) is 3.11. The largest absolute Gasteiger partial charge is 0.387 e. The zero-order chi connectivity index (χ0) is 10.1. The summed E-state index contributed by atoms with van der Waals surface area (Å²) in [6.45, 7) is 2.69. The van der Waals surface area contributed by atoms with Crippen LogP contribution in [0.5, 0.6) is 0 Å². The predicted molar refractivity (Wildman–Crippen MR) is 46.8 cm³/mol. The fourth-order valence-corrected chi connectivity index (χ4v) is 1.17. The van der Waals surface area contributed by atoms with Gasteiger partial charge >= 0.3 is 0 Å². The molecule has 0 aromatic heterocycles. The first-order chi connectivity index (χ1) is 5.96. The average molecular weight is 186 g/mol. The molecule has 0 radical (unpaired) electrons. The molecule has 0 heterocycles. The van der Waals surface area contributed by atoms with Crippen LogP contribution in [-0.4, -0.2) is 11.2 Å². The summed E-state index contributed by atoms with van der Waals surface area (Å²) >= 11 is 0. The highest BCUT2D eigenvalue weighted by molar-refractivity contribution is 5.30. The van der Waals surface area contributed by atoms with Crippen molar-refractivity contribution in [2.75, 3.05) is 0 Å². The first kappa shape index (κ1) is 10.1. The molecule has 1 aromatic rings. The van der Waals surface area contributed by atoms with Gasteiger partial charge in [0.2, 0.25) is 0 Å². The van der Waals surface area contributed by atoms with Gasteiger partial charge in [-0.3, -0.25) is 0 Å². The summed E-state index contributed by atoms with van der Waals surface area (Å²) < 4.78 is 26.6. The van der Waals surface area contributed by atoms with Crippen molar-refractivity contribution < 1.29 is 13.9 Å². The molecule has 0 bridgehead atoms. The maximum absolute atomic E-state index is 13.3. The van der Waals surface area contributed by atoms with E-state index in [9.17, 15) is 8.78 Å². The van der Waals surface area contributed by atoms with Crippen LogP contribution >= 0.6 is 0 Å². The number of aliphatic hydroxyl groups excluding tert-OH is 1. The standard InChI is InChI=1S/C10H12F2O/c1-7-5-3-4-6-9(7)10(11,12)8(2)13/h3-6,8,13H,1-2H3. The Hall–Kier alpha value is -0.960. The van der Waals surface area contributed by atoms with Gasteiger partial charge in [0, 0.05) is 5.56 Å². The lowest BCUT2D eigenvalue weighted by Gasteiger charge is -2.21. The Labute approximate surface area is 76.0 Å². The number of alkyl halides is 2. The Kier molecular flexibility index (Phi) is 2.66. The van der Waals surface area contributed by atoms with Crippen LogP contribution in [0.1, 0.15) is 18.1 Å². The van der Waals surface area contributed by atoms with E-state index in [2.05, 4.69) is 0 Å². The van der Waals surface area contributed by atoms with Gasteiger partial charge < -0.3 is 5.11 Å². The third-order valence-electron chi connectivity index (χ3n) is 2.03. The lowest BCUT2D eigenvalue weighted by molar-refractivity contribution is -0.106. The van der Waals surface area contributed by atoms with Crippen molar-refractivity contribution in [2.45, 2.75) is 25.9 Å². The molecule has 72 valence electrons. The SMILES string of the molecule is Cc1ccccc1C(F)(F)C(C)O. The normalized spacial score (nSPS) is 14.2. The quantitative estimate of drug-likeness (QED) is 0.752. The number of aliphatic hydroxyl groups is 1. The van der Waals surface area contributed by atoms with Crippen molar-refractivity contribution in [3.8, 4) is 0 Å². The Morgan fingerprint density at radius 2 is 1.85 bits per heavy atom. The van der Waals surface area contributed by atoms with Gasteiger partial charge in [-0.15, -0.1) is 0 Å². The number of aryl methyl sites for hydroxylation is 1. The fraction of sp³-hybridized carbons (Fsp3) is 0.400. The highest BCUT2D eigenvalue weighted by Gasteiger charge is 2.38. The van der Waals surface area contributed by atoms with Crippen LogP contribution < -0.4 is 0 Å². The van der Waals surface area contributed by atoms with E-state index in [-0.39, 0.29) is 5.56 Å². The number of halogens is 2.